The van der Waals surface area contributed by atoms with Crippen molar-refractivity contribution in [1.82, 2.24) is 9.48 Å². The molecular weight excluding hydrogens is 779 g/mol. The van der Waals surface area contributed by atoms with Crippen molar-refractivity contribution in [2.24, 2.45) is 0 Å². The van der Waals surface area contributed by atoms with Crippen LogP contribution in [-0.2, 0) is 56.3 Å². The molecule has 0 fully saturated rings. The van der Waals surface area contributed by atoms with Crippen molar-refractivity contribution in [3.05, 3.63) is 121 Å². The van der Waals surface area contributed by atoms with E-state index in [1.807, 2.05) is 24.3 Å². The Kier molecular flexibility index (Phi) is 10.1. The van der Waals surface area contributed by atoms with Crippen LogP contribution in [0.25, 0.3) is 5.57 Å². The van der Waals surface area contributed by atoms with E-state index in [1.54, 1.807) is 11.9 Å². The lowest BCUT2D eigenvalue weighted by molar-refractivity contribution is -0.137. The maximum atomic E-state index is 14.3. The van der Waals surface area contributed by atoms with E-state index in [4.69, 9.17) is 0 Å². The fourth-order valence-electron chi connectivity index (χ4n) is 9.87. The third-order valence-electron chi connectivity index (χ3n) is 12.4. The van der Waals surface area contributed by atoms with Crippen LogP contribution < -0.4 is 20.1 Å². The lowest BCUT2D eigenvalue weighted by Gasteiger charge is -2.40. The first-order valence-corrected chi connectivity index (χ1v) is 22.7. The molecule has 3 heterocycles. The van der Waals surface area contributed by atoms with Gasteiger partial charge in [0.15, 0.2) is 0 Å². The van der Waals surface area contributed by atoms with Crippen molar-refractivity contribution in [1.29, 1.82) is 0 Å². The number of carboxylic acids is 1. The summed E-state index contributed by atoms with van der Waals surface area (Å²) in [5.41, 5.74) is 9.89. The molecule has 0 spiro atoms. The molecule has 14 heteroatoms. The van der Waals surface area contributed by atoms with E-state index in [2.05, 4.69) is 41.5 Å². The van der Waals surface area contributed by atoms with Gasteiger partial charge >= 0.3 is 5.97 Å². The number of benzene rings is 4. The first-order chi connectivity index (χ1) is 27.4. The molecule has 0 saturated heterocycles. The molecule has 4 aromatic carbocycles. The summed E-state index contributed by atoms with van der Waals surface area (Å²) in [5, 5.41) is 11.7. The Hall–Kier alpha value is -4.89. The first-order valence-electron chi connectivity index (χ1n) is 19.8. The molecule has 0 bridgehead atoms. The number of carbonyl (C=O) groups is 2. The smallest absolute Gasteiger partial charge is 0.303 e. The maximum Gasteiger partial charge on any atom is 0.303 e. The van der Waals surface area contributed by atoms with Crippen LogP contribution in [0.1, 0.15) is 101 Å². The zero-order chi connectivity index (χ0) is 41.3. The summed E-state index contributed by atoms with van der Waals surface area (Å²) in [6.45, 7) is 7.45. The average molecular weight is 827 g/mol. The van der Waals surface area contributed by atoms with Crippen molar-refractivity contribution in [2.75, 3.05) is 38.1 Å². The maximum absolute atomic E-state index is 14.3. The van der Waals surface area contributed by atoms with Crippen LogP contribution in [0.5, 0.6) is 0 Å². The molecule has 0 radical (unpaired) electrons. The highest BCUT2D eigenvalue weighted by Gasteiger charge is 2.40. The lowest BCUT2D eigenvalue weighted by Crippen LogP contribution is -2.48. The number of aliphatic carboxylic acids is 1. The highest BCUT2D eigenvalue weighted by Crippen LogP contribution is 2.46. The third kappa shape index (κ3) is 7.03. The van der Waals surface area contributed by atoms with E-state index in [0.29, 0.717) is 25.1 Å². The number of hydrogen-bond donors (Lipinski definition) is 3. The van der Waals surface area contributed by atoms with Gasteiger partial charge in [-0.2, -0.15) is 16.8 Å². The number of amides is 1. The average Bonchev–Trinajstić information content (AvgIpc) is 3.16. The molecule has 4 aliphatic rings. The van der Waals surface area contributed by atoms with Crippen molar-refractivity contribution in [2.45, 2.75) is 87.0 Å². The SMILES string of the molecule is CN(CCCC(=O)O)C(=O)c1ccccc1C1=c2cc3c4c(c2C(C)(C)c2cc5c(cc21)CCCN5Cc1ccc(S(=O)(=O)O)cc1S(=O)(=O)O)CCC[N+]=4CCC3. The van der Waals surface area contributed by atoms with Gasteiger partial charge in [-0.15, -0.1) is 0 Å². The molecule has 0 saturated carbocycles. The second-order valence-electron chi connectivity index (χ2n) is 16.5. The molecule has 12 nitrogen and oxygen atoms in total. The van der Waals surface area contributed by atoms with Gasteiger partial charge in [0.1, 0.15) is 18.0 Å². The highest BCUT2D eigenvalue weighted by atomic mass is 32.2. The molecular formula is C44H48N3O9S2+. The van der Waals surface area contributed by atoms with Crippen LogP contribution >= 0.6 is 0 Å². The van der Waals surface area contributed by atoms with Gasteiger partial charge in [0, 0.05) is 73.7 Å². The molecule has 58 heavy (non-hydrogen) atoms. The van der Waals surface area contributed by atoms with Crippen LogP contribution in [0.3, 0.4) is 0 Å². The fraction of sp³-hybridized carbons (Fsp3) is 0.386. The Morgan fingerprint density at radius 3 is 2.31 bits per heavy atom. The summed E-state index contributed by atoms with van der Waals surface area (Å²) < 4.78 is 71.3. The van der Waals surface area contributed by atoms with Crippen molar-refractivity contribution in [3.63, 3.8) is 0 Å². The number of fused-ring (bicyclic) bond motifs is 4. The van der Waals surface area contributed by atoms with Gasteiger partial charge in [-0.25, -0.2) is 4.58 Å². The van der Waals surface area contributed by atoms with Crippen molar-refractivity contribution >= 4 is 43.4 Å². The standard InChI is InChI=1S/C44H47N3O9S2/c1-44(2)36-25-37-27(10-6-21-47(37)26-29-16-17-30(57(51,52)53)24-38(29)58(54,55)56)22-34(36)40(31-12-4-5-13-32(31)43(50)45(3)18-9-15-39(48)49)35-23-28-11-7-19-46-20-8-14-33(41(35)44)42(28)46/h4-5,12-13,16-17,22-25H,6-11,14-15,18-21,26H2,1-3H3,(H2-,48,49,51,52,53,54,55,56)/p+1. The monoisotopic (exact) mass is 826 g/mol. The third-order valence-corrected chi connectivity index (χ3v) is 14.2. The van der Waals surface area contributed by atoms with E-state index < -0.39 is 41.4 Å². The van der Waals surface area contributed by atoms with Gasteiger partial charge in [0.05, 0.1) is 4.90 Å². The van der Waals surface area contributed by atoms with Crippen LogP contribution in [-0.4, -0.2) is 81.1 Å². The summed E-state index contributed by atoms with van der Waals surface area (Å²) in [6, 6.07) is 17.7. The molecule has 0 aromatic heterocycles. The summed E-state index contributed by atoms with van der Waals surface area (Å²) in [4.78, 5) is 28.0. The molecule has 0 atom stereocenters. The Morgan fingerprint density at radius 1 is 0.862 bits per heavy atom. The Balaban J connectivity index is 1.35. The summed E-state index contributed by atoms with van der Waals surface area (Å²) in [5.74, 6) is -1.10. The van der Waals surface area contributed by atoms with Gasteiger partial charge in [0.2, 0.25) is 5.36 Å². The van der Waals surface area contributed by atoms with E-state index in [1.165, 1.54) is 28.1 Å². The van der Waals surface area contributed by atoms with E-state index >= 15 is 0 Å². The highest BCUT2D eigenvalue weighted by molar-refractivity contribution is 7.86. The Morgan fingerprint density at radius 2 is 1.59 bits per heavy atom. The second-order valence-corrected chi connectivity index (χ2v) is 19.3. The predicted molar refractivity (Wildman–Crippen MR) is 219 cm³/mol. The van der Waals surface area contributed by atoms with Crippen LogP contribution in [0.15, 0.2) is 70.5 Å². The van der Waals surface area contributed by atoms with Crippen molar-refractivity contribution in [3.8, 4) is 0 Å². The molecule has 3 N–H and O–H groups in total. The molecule has 3 aliphatic heterocycles. The number of carboxylic acid groups (broad SMARTS) is 1. The second kappa shape index (κ2) is 14.7. The van der Waals surface area contributed by atoms with E-state index in [-0.39, 0.29) is 24.4 Å². The van der Waals surface area contributed by atoms with Crippen molar-refractivity contribution < 1.29 is 40.6 Å². The largest absolute Gasteiger partial charge is 0.481 e. The minimum atomic E-state index is -4.86. The number of carbonyl (C=O) groups excluding carboxylic acids is 1. The molecule has 1 aliphatic carbocycles. The molecule has 1 amide bonds. The number of hydrogen-bond acceptors (Lipinski definition) is 7. The summed E-state index contributed by atoms with van der Waals surface area (Å²) in [6.07, 6.45) is 5.78. The summed E-state index contributed by atoms with van der Waals surface area (Å²) in [7, 11) is -7.88. The van der Waals surface area contributed by atoms with Crippen LogP contribution in [0, 0.1) is 0 Å². The van der Waals surface area contributed by atoms with E-state index in [9.17, 15) is 40.6 Å². The van der Waals surface area contributed by atoms with Crippen LogP contribution in [0.2, 0.25) is 0 Å². The topological polar surface area (TPSA) is 173 Å². The minimum absolute atomic E-state index is 0.0352. The van der Waals surface area contributed by atoms with Gasteiger partial charge in [-0.05, 0) is 113 Å². The van der Waals surface area contributed by atoms with Crippen LogP contribution in [0.4, 0.5) is 5.69 Å². The number of rotatable bonds is 10. The quantitative estimate of drug-likeness (QED) is 0.154. The van der Waals surface area contributed by atoms with Gasteiger partial charge in [-0.1, -0.05) is 38.1 Å². The molecule has 0 unspecified atom stereocenters. The van der Waals surface area contributed by atoms with Gasteiger partial charge < -0.3 is 14.9 Å². The minimum Gasteiger partial charge on any atom is -0.481 e. The molecule has 4 aromatic rings. The zero-order valence-corrected chi connectivity index (χ0v) is 34.5. The lowest BCUT2D eigenvalue weighted by atomic mass is 9.65. The number of aryl methyl sites for hydroxylation is 2. The zero-order valence-electron chi connectivity index (χ0n) is 32.9. The Bertz CT molecular complexity index is 2770. The normalized spacial score (nSPS) is 16.9. The summed E-state index contributed by atoms with van der Waals surface area (Å²) >= 11 is 0. The first kappa shape index (κ1) is 39.9. The molecule has 304 valence electrons. The number of anilines is 1. The molecule has 8 rings (SSSR count). The predicted octanol–water partition coefficient (Wildman–Crippen LogP) is 4.34. The van der Waals surface area contributed by atoms with E-state index in [0.717, 1.165) is 102 Å². The van der Waals surface area contributed by atoms with Gasteiger partial charge in [-0.3, -0.25) is 18.7 Å². The van der Waals surface area contributed by atoms with Gasteiger partial charge in [0.25, 0.3) is 26.1 Å². The fourth-order valence-corrected chi connectivity index (χ4v) is 11.2. The Labute approximate surface area is 338 Å². The number of nitrogens with zero attached hydrogens (tertiary/aromatic N) is 3.